The second-order valence-electron chi connectivity index (χ2n) is 4.85. The van der Waals surface area contributed by atoms with Gasteiger partial charge in [0.2, 0.25) is 5.88 Å². The maximum absolute atomic E-state index is 13.4. The van der Waals surface area contributed by atoms with Gasteiger partial charge in [0.05, 0.1) is 23.3 Å². The summed E-state index contributed by atoms with van der Waals surface area (Å²) in [6.07, 6.45) is 2.95. The number of hydrogen-bond acceptors (Lipinski definition) is 6. The first-order chi connectivity index (χ1) is 11.1. The molecule has 7 nitrogen and oxygen atoms in total. The maximum Gasteiger partial charge on any atom is 0.327 e. The van der Waals surface area contributed by atoms with Crippen molar-refractivity contribution in [2.45, 2.75) is 6.92 Å². The van der Waals surface area contributed by atoms with Crippen LogP contribution in [0.3, 0.4) is 0 Å². The number of H-pyrrole nitrogens is 1. The lowest BCUT2D eigenvalue weighted by Gasteiger charge is -2.04. The number of aromatic nitrogens is 5. The average Bonchev–Trinajstić information content (AvgIpc) is 2.87. The number of rotatable bonds is 2. The van der Waals surface area contributed by atoms with Gasteiger partial charge < -0.3 is 14.8 Å². The van der Waals surface area contributed by atoms with Crippen LogP contribution in [0.4, 0.5) is 4.39 Å². The fraction of sp³-hybridized carbons (Fsp3) is 0.0667. The molecule has 0 aliphatic carbocycles. The van der Waals surface area contributed by atoms with Crippen molar-refractivity contribution in [2.75, 3.05) is 0 Å². The van der Waals surface area contributed by atoms with Crippen LogP contribution in [0.5, 0.6) is 17.6 Å². The number of aromatic hydroxyl groups is 1. The summed E-state index contributed by atoms with van der Waals surface area (Å²) in [4.78, 5) is 19.0. The molecule has 0 spiro atoms. The normalized spacial score (nSPS) is 11.2. The average molecular weight is 310 g/mol. The van der Waals surface area contributed by atoms with Crippen LogP contribution in [0.1, 0.15) is 5.82 Å². The highest BCUT2D eigenvalue weighted by Gasteiger charge is 2.15. The summed E-state index contributed by atoms with van der Waals surface area (Å²) in [6, 6.07) is 5.14. The summed E-state index contributed by atoms with van der Waals surface area (Å²) in [5.41, 5.74) is 0.833. The van der Waals surface area contributed by atoms with Crippen LogP contribution in [0.25, 0.3) is 21.9 Å². The van der Waals surface area contributed by atoms with Crippen LogP contribution in [0.15, 0.2) is 24.5 Å². The molecule has 1 radical (unpaired) electrons. The molecule has 0 fully saturated rings. The molecule has 0 atom stereocenters. The molecule has 0 aliphatic rings. The number of hydrogen-bond donors (Lipinski definition) is 2. The third-order valence-corrected chi connectivity index (χ3v) is 3.25. The van der Waals surface area contributed by atoms with Crippen LogP contribution < -0.4 is 4.74 Å². The Balaban J connectivity index is 1.83. The van der Waals surface area contributed by atoms with E-state index < -0.39 is 5.82 Å². The standard InChI is InChI=1S/C15H9FN5O2/c1-7-17-5-9(6-18-7)23-15-20-13-12(14(22)21-15)10-4-8(16)2-3-11(10)19-13/h2,4-6H,1H3,(H2,19,20,21,22). The summed E-state index contributed by atoms with van der Waals surface area (Å²) in [5.74, 6) is 0.158. The third kappa shape index (κ3) is 2.30. The number of benzene rings is 1. The molecule has 4 aromatic rings. The molecular formula is C15H9FN5O2. The topological polar surface area (TPSA) is 96.8 Å². The van der Waals surface area contributed by atoms with Gasteiger partial charge in [0.1, 0.15) is 17.3 Å². The smallest absolute Gasteiger partial charge is 0.327 e. The number of halogens is 1. The summed E-state index contributed by atoms with van der Waals surface area (Å²) in [6.45, 7) is 1.75. The summed E-state index contributed by atoms with van der Waals surface area (Å²) in [7, 11) is 0. The molecule has 0 amide bonds. The monoisotopic (exact) mass is 310 g/mol. The Morgan fingerprint density at radius 1 is 1.26 bits per heavy atom. The highest BCUT2D eigenvalue weighted by atomic mass is 19.1. The van der Waals surface area contributed by atoms with E-state index in [0.29, 0.717) is 33.5 Å². The zero-order valence-corrected chi connectivity index (χ0v) is 11.8. The van der Waals surface area contributed by atoms with Gasteiger partial charge >= 0.3 is 6.01 Å². The van der Waals surface area contributed by atoms with Crippen molar-refractivity contribution in [3.8, 4) is 17.6 Å². The number of ether oxygens (including phenoxy) is 1. The molecule has 0 bridgehead atoms. The third-order valence-electron chi connectivity index (χ3n) is 3.25. The van der Waals surface area contributed by atoms with E-state index >= 15 is 0 Å². The van der Waals surface area contributed by atoms with E-state index in [4.69, 9.17) is 4.74 Å². The highest BCUT2D eigenvalue weighted by molar-refractivity contribution is 6.08. The minimum absolute atomic E-state index is 0.0746. The van der Waals surface area contributed by atoms with Crippen LogP contribution in [-0.2, 0) is 0 Å². The second kappa shape index (κ2) is 4.87. The number of aromatic amines is 1. The van der Waals surface area contributed by atoms with E-state index in [9.17, 15) is 9.50 Å². The van der Waals surface area contributed by atoms with E-state index in [1.165, 1.54) is 24.5 Å². The van der Waals surface area contributed by atoms with Crippen molar-refractivity contribution in [1.82, 2.24) is 24.9 Å². The van der Waals surface area contributed by atoms with Crippen molar-refractivity contribution >= 4 is 21.9 Å². The van der Waals surface area contributed by atoms with Crippen LogP contribution in [0, 0.1) is 18.8 Å². The molecule has 0 aliphatic heterocycles. The highest BCUT2D eigenvalue weighted by Crippen LogP contribution is 2.32. The number of fused-ring (bicyclic) bond motifs is 3. The lowest BCUT2D eigenvalue weighted by atomic mass is 10.2. The summed E-state index contributed by atoms with van der Waals surface area (Å²) < 4.78 is 18.8. The van der Waals surface area contributed by atoms with Gasteiger partial charge in [0, 0.05) is 11.5 Å². The summed E-state index contributed by atoms with van der Waals surface area (Å²) in [5, 5.41) is 10.9. The second-order valence-corrected chi connectivity index (χ2v) is 4.85. The molecule has 2 N–H and O–H groups in total. The first-order valence-electron chi connectivity index (χ1n) is 6.66. The Kier molecular flexibility index (Phi) is 2.83. The first-order valence-corrected chi connectivity index (χ1v) is 6.66. The Hall–Kier alpha value is -3.29. The Labute approximate surface area is 128 Å². The van der Waals surface area contributed by atoms with Crippen molar-refractivity contribution in [3.05, 3.63) is 42.2 Å². The Morgan fingerprint density at radius 3 is 2.83 bits per heavy atom. The van der Waals surface area contributed by atoms with E-state index in [2.05, 4.69) is 31.0 Å². The fourth-order valence-corrected chi connectivity index (χ4v) is 2.24. The lowest BCUT2D eigenvalue weighted by Crippen LogP contribution is -1.95. The maximum atomic E-state index is 13.4. The van der Waals surface area contributed by atoms with E-state index in [-0.39, 0.29) is 11.9 Å². The Bertz CT molecular complexity index is 1030. The van der Waals surface area contributed by atoms with Crippen LogP contribution in [-0.4, -0.2) is 30.0 Å². The molecule has 0 saturated heterocycles. The Morgan fingerprint density at radius 2 is 2.04 bits per heavy atom. The van der Waals surface area contributed by atoms with Gasteiger partial charge in [-0.1, -0.05) is 0 Å². The predicted molar refractivity (Wildman–Crippen MR) is 78.7 cm³/mol. The molecule has 8 heteroatoms. The van der Waals surface area contributed by atoms with E-state index in [1.54, 1.807) is 6.92 Å². The SMILES string of the molecule is Cc1ncc(Oc2nc(O)c3c(n2)[nH]c2[c]cc(F)cc23)cn1. The lowest BCUT2D eigenvalue weighted by molar-refractivity contribution is 0.409. The quantitative estimate of drug-likeness (QED) is 0.591. The molecule has 3 heterocycles. The van der Waals surface area contributed by atoms with Crippen LogP contribution in [0.2, 0.25) is 0 Å². The molecular weight excluding hydrogens is 301 g/mol. The number of nitrogens with one attached hydrogen (secondary N) is 1. The van der Waals surface area contributed by atoms with E-state index in [0.717, 1.165) is 0 Å². The van der Waals surface area contributed by atoms with Crippen molar-refractivity contribution in [3.63, 3.8) is 0 Å². The number of nitrogens with zero attached hydrogens (tertiary/aromatic N) is 4. The minimum Gasteiger partial charge on any atom is -0.493 e. The van der Waals surface area contributed by atoms with Gasteiger partial charge in [-0.05, 0) is 19.1 Å². The molecule has 113 valence electrons. The predicted octanol–water partition coefficient (Wildman–Crippen LogP) is 2.65. The van der Waals surface area contributed by atoms with Gasteiger partial charge in [-0.3, -0.25) is 0 Å². The minimum atomic E-state index is -0.463. The van der Waals surface area contributed by atoms with Gasteiger partial charge in [0.15, 0.2) is 5.75 Å². The zero-order valence-electron chi connectivity index (χ0n) is 11.8. The van der Waals surface area contributed by atoms with Crippen LogP contribution >= 0.6 is 0 Å². The molecule has 23 heavy (non-hydrogen) atoms. The van der Waals surface area contributed by atoms with Crippen molar-refractivity contribution < 1.29 is 14.2 Å². The summed E-state index contributed by atoms with van der Waals surface area (Å²) >= 11 is 0. The molecule has 3 aromatic heterocycles. The molecule has 0 saturated carbocycles. The van der Waals surface area contributed by atoms with Gasteiger partial charge in [-0.2, -0.15) is 9.97 Å². The van der Waals surface area contributed by atoms with Crippen molar-refractivity contribution in [2.24, 2.45) is 0 Å². The molecule has 0 unspecified atom stereocenters. The van der Waals surface area contributed by atoms with Gasteiger partial charge in [0.25, 0.3) is 0 Å². The molecule has 1 aromatic carbocycles. The van der Waals surface area contributed by atoms with Crippen molar-refractivity contribution in [1.29, 1.82) is 0 Å². The van der Waals surface area contributed by atoms with E-state index in [1.807, 2.05) is 0 Å². The number of aryl methyl sites for hydroxylation is 1. The first kappa shape index (κ1) is 13.4. The largest absolute Gasteiger partial charge is 0.493 e. The fourth-order valence-electron chi connectivity index (χ4n) is 2.24. The zero-order chi connectivity index (χ0) is 16.0. The van der Waals surface area contributed by atoms with Gasteiger partial charge in [-0.25, -0.2) is 14.4 Å². The molecule has 4 rings (SSSR count). The van der Waals surface area contributed by atoms with Gasteiger partial charge in [-0.15, -0.1) is 0 Å².